The number of ether oxygens (including phenoxy) is 1. The molecule has 1 unspecified atom stereocenters. The van der Waals surface area contributed by atoms with Crippen molar-refractivity contribution in [3.05, 3.63) is 17.3 Å². The molecule has 1 rings (SSSR count). The summed E-state index contributed by atoms with van der Waals surface area (Å²) in [6, 6.07) is 3.35. The average molecular weight is 247 g/mol. The van der Waals surface area contributed by atoms with Crippen molar-refractivity contribution in [3.8, 4) is 0 Å². The van der Waals surface area contributed by atoms with E-state index in [4.69, 9.17) is 16.3 Å². The highest BCUT2D eigenvalue weighted by Gasteiger charge is 2.16. The highest BCUT2D eigenvalue weighted by molar-refractivity contribution is 8.00. The third-order valence-electron chi connectivity index (χ3n) is 1.52. The van der Waals surface area contributed by atoms with Crippen molar-refractivity contribution in [1.82, 2.24) is 10.2 Å². The van der Waals surface area contributed by atoms with E-state index >= 15 is 0 Å². The third-order valence-corrected chi connectivity index (χ3v) is 2.73. The summed E-state index contributed by atoms with van der Waals surface area (Å²) in [6.45, 7) is 3.92. The van der Waals surface area contributed by atoms with Crippen LogP contribution in [0.3, 0.4) is 0 Å². The van der Waals surface area contributed by atoms with Gasteiger partial charge in [-0.15, -0.1) is 10.2 Å². The van der Waals surface area contributed by atoms with E-state index in [0.717, 1.165) is 0 Å². The van der Waals surface area contributed by atoms with Gasteiger partial charge < -0.3 is 4.74 Å². The maximum atomic E-state index is 11.3. The van der Waals surface area contributed by atoms with Gasteiger partial charge in [0.15, 0.2) is 5.15 Å². The van der Waals surface area contributed by atoms with E-state index in [0.29, 0.717) is 16.8 Å². The van der Waals surface area contributed by atoms with Crippen LogP contribution in [0.1, 0.15) is 13.8 Å². The minimum absolute atomic E-state index is 0.251. The van der Waals surface area contributed by atoms with E-state index in [1.807, 2.05) is 0 Å². The molecule has 1 heterocycles. The highest BCUT2D eigenvalue weighted by atomic mass is 35.5. The van der Waals surface area contributed by atoms with Gasteiger partial charge in [0.2, 0.25) is 0 Å². The van der Waals surface area contributed by atoms with Crippen LogP contribution in [0.2, 0.25) is 5.15 Å². The molecule has 1 atom stereocenters. The standard InChI is InChI=1S/C9H11ClN2O2S/c1-3-14-9(13)6(2)15-8-5-4-7(10)11-12-8/h4-6H,3H2,1-2H3. The molecule has 1 aromatic heterocycles. The third kappa shape index (κ3) is 4.05. The number of carbonyl (C=O) groups is 1. The molecule has 82 valence electrons. The van der Waals surface area contributed by atoms with Gasteiger partial charge in [0, 0.05) is 0 Å². The smallest absolute Gasteiger partial charge is 0.319 e. The van der Waals surface area contributed by atoms with Crippen molar-refractivity contribution in [2.24, 2.45) is 0 Å². The van der Waals surface area contributed by atoms with Crippen molar-refractivity contribution < 1.29 is 9.53 Å². The van der Waals surface area contributed by atoms with E-state index in [-0.39, 0.29) is 11.2 Å². The average Bonchev–Trinajstić information content (AvgIpc) is 2.22. The van der Waals surface area contributed by atoms with Crippen LogP contribution in [-0.2, 0) is 9.53 Å². The predicted octanol–water partition coefficient (Wildman–Crippen LogP) is 2.17. The summed E-state index contributed by atoms with van der Waals surface area (Å²) in [5, 5.41) is 8.21. The molecule has 0 aliphatic carbocycles. The second-order valence-electron chi connectivity index (χ2n) is 2.71. The Morgan fingerprint density at radius 2 is 2.33 bits per heavy atom. The van der Waals surface area contributed by atoms with Gasteiger partial charge >= 0.3 is 5.97 Å². The van der Waals surface area contributed by atoms with Crippen LogP contribution >= 0.6 is 23.4 Å². The van der Waals surface area contributed by atoms with Gasteiger partial charge in [0.1, 0.15) is 10.3 Å². The number of rotatable bonds is 4. The maximum Gasteiger partial charge on any atom is 0.319 e. The fraction of sp³-hybridized carbons (Fsp3) is 0.444. The second kappa shape index (κ2) is 5.92. The Kier molecular flexibility index (Phi) is 4.84. The molecule has 4 nitrogen and oxygen atoms in total. The summed E-state index contributed by atoms with van der Waals surface area (Å²) in [6.07, 6.45) is 0. The van der Waals surface area contributed by atoms with Gasteiger partial charge in [0.05, 0.1) is 6.61 Å². The largest absolute Gasteiger partial charge is 0.465 e. The van der Waals surface area contributed by atoms with E-state index in [1.165, 1.54) is 11.8 Å². The Balaban J connectivity index is 2.54. The summed E-state index contributed by atoms with van der Waals surface area (Å²) in [7, 11) is 0. The predicted molar refractivity (Wildman–Crippen MR) is 59.0 cm³/mol. The summed E-state index contributed by atoms with van der Waals surface area (Å²) in [5.41, 5.74) is 0. The Bertz CT molecular complexity index is 331. The molecule has 15 heavy (non-hydrogen) atoms. The van der Waals surface area contributed by atoms with Crippen LogP contribution < -0.4 is 0 Å². The molecule has 0 saturated heterocycles. The molecule has 0 amide bonds. The molecule has 0 aliphatic rings. The molecule has 0 saturated carbocycles. The van der Waals surface area contributed by atoms with Crippen LogP contribution in [0.15, 0.2) is 17.2 Å². The zero-order valence-corrected chi connectivity index (χ0v) is 10.0. The zero-order chi connectivity index (χ0) is 11.3. The first-order chi connectivity index (χ1) is 7.13. The molecule has 6 heteroatoms. The van der Waals surface area contributed by atoms with Crippen molar-refractivity contribution >= 4 is 29.3 Å². The van der Waals surface area contributed by atoms with Crippen molar-refractivity contribution in [1.29, 1.82) is 0 Å². The quantitative estimate of drug-likeness (QED) is 0.602. The number of aromatic nitrogens is 2. The van der Waals surface area contributed by atoms with Crippen molar-refractivity contribution in [2.45, 2.75) is 24.1 Å². The lowest BCUT2D eigenvalue weighted by Gasteiger charge is -2.08. The van der Waals surface area contributed by atoms with Crippen molar-refractivity contribution in [3.63, 3.8) is 0 Å². The number of thioether (sulfide) groups is 1. The van der Waals surface area contributed by atoms with E-state index in [9.17, 15) is 4.79 Å². The molecule has 0 radical (unpaired) electrons. The molecular formula is C9H11ClN2O2S. The summed E-state index contributed by atoms with van der Waals surface area (Å²) >= 11 is 6.88. The lowest BCUT2D eigenvalue weighted by molar-refractivity contribution is -0.142. The number of halogens is 1. The monoisotopic (exact) mass is 246 g/mol. The Morgan fingerprint density at radius 3 is 2.87 bits per heavy atom. The zero-order valence-electron chi connectivity index (χ0n) is 8.44. The van der Waals surface area contributed by atoms with Crippen molar-refractivity contribution in [2.75, 3.05) is 6.61 Å². The van der Waals surface area contributed by atoms with Gasteiger partial charge in [-0.3, -0.25) is 4.79 Å². The van der Waals surface area contributed by atoms with E-state index < -0.39 is 0 Å². The van der Waals surface area contributed by atoms with Crippen LogP contribution in [0, 0.1) is 0 Å². The summed E-state index contributed by atoms with van der Waals surface area (Å²) in [5.74, 6) is -0.251. The minimum atomic E-state index is -0.291. The maximum absolute atomic E-state index is 11.3. The summed E-state index contributed by atoms with van der Waals surface area (Å²) < 4.78 is 4.87. The number of hydrogen-bond acceptors (Lipinski definition) is 5. The fourth-order valence-electron chi connectivity index (χ4n) is 0.855. The summed E-state index contributed by atoms with van der Waals surface area (Å²) in [4.78, 5) is 11.3. The van der Waals surface area contributed by atoms with Crippen LogP contribution in [-0.4, -0.2) is 28.0 Å². The molecule has 0 bridgehead atoms. The molecule has 0 aromatic carbocycles. The molecule has 1 aromatic rings. The van der Waals surface area contributed by atoms with Crippen LogP contribution in [0.4, 0.5) is 0 Å². The van der Waals surface area contributed by atoms with E-state index in [2.05, 4.69) is 10.2 Å². The number of nitrogens with zero attached hydrogens (tertiary/aromatic N) is 2. The minimum Gasteiger partial charge on any atom is -0.465 e. The lowest BCUT2D eigenvalue weighted by Crippen LogP contribution is -2.16. The Hall–Kier alpha value is -0.810. The SMILES string of the molecule is CCOC(=O)C(C)Sc1ccc(Cl)nn1. The molecule has 0 fully saturated rings. The first-order valence-electron chi connectivity index (χ1n) is 4.46. The molecule has 0 spiro atoms. The van der Waals surface area contributed by atoms with Gasteiger partial charge in [-0.05, 0) is 26.0 Å². The Morgan fingerprint density at radius 1 is 1.60 bits per heavy atom. The van der Waals surface area contributed by atoms with E-state index in [1.54, 1.807) is 26.0 Å². The molecule has 0 N–H and O–H groups in total. The first kappa shape index (κ1) is 12.3. The molecule has 0 aliphatic heterocycles. The fourth-order valence-corrected chi connectivity index (χ4v) is 1.72. The Labute approximate surface area is 97.4 Å². The first-order valence-corrected chi connectivity index (χ1v) is 5.71. The van der Waals surface area contributed by atoms with Gasteiger partial charge in [-0.25, -0.2) is 0 Å². The van der Waals surface area contributed by atoms with Crippen LogP contribution in [0.5, 0.6) is 0 Å². The number of hydrogen-bond donors (Lipinski definition) is 0. The van der Waals surface area contributed by atoms with Gasteiger partial charge in [-0.2, -0.15) is 0 Å². The molecular weight excluding hydrogens is 236 g/mol. The second-order valence-corrected chi connectivity index (χ2v) is 4.45. The van der Waals surface area contributed by atoms with Gasteiger partial charge in [0.25, 0.3) is 0 Å². The van der Waals surface area contributed by atoms with Gasteiger partial charge in [-0.1, -0.05) is 23.4 Å². The highest BCUT2D eigenvalue weighted by Crippen LogP contribution is 2.21. The van der Waals surface area contributed by atoms with Crippen LogP contribution in [0.25, 0.3) is 0 Å². The lowest BCUT2D eigenvalue weighted by atomic mass is 10.5. The topological polar surface area (TPSA) is 52.1 Å². The normalized spacial score (nSPS) is 12.2. The number of esters is 1. The number of carbonyl (C=O) groups excluding carboxylic acids is 1.